The molecule has 1 aromatic carbocycles. The number of hydrogen-bond donors (Lipinski definition) is 1. The van der Waals surface area contributed by atoms with Crippen LogP contribution in [0.2, 0.25) is 0 Å². The fourth-order valence-corrected chi connectivity index (χ4v) is 1.20. The first-order chi connectivity index (χ1) is 5.84. The van der Waals surface area contributed by atoms with Crippen LogP contribution in [-0.2, 0) is 15.9 Å². The maximum absolute atomic E-state index is 3.64. The Balaban J connectivity index is 2.59. The zero-order chi connectivity index (χ0) is 8.81. The Morgan fingerprint density at radius 1 is 1.42 bits per heavy atom. The van der Waals surface area contributed by atoms with E-state index < -0.39 is 0 Å². The molecule has 1 nitrogen and oxygen atoms in total. The summed E-state index contributed by atoms with van der Waals surface area (Å²) in [5.74, 6) is 0. The van der Waals surface area contributed by atoms with Gasteiger partial charge in [-0.1, -0.05) is 0 Å². The molecule has 1 rings (SSSR count). The van der Waals surface area contributed by atoms with Gasteiger partial charge in [0.1, 0.15) is 0 Å². The SMILES string of the molecule is C=CCN[C](=[Cr])c1ccccc1. The molecule has 0 amide bonds. The van der Waals surface area contributed by atoms with Gasteiger partial charge in [-0.3, -0.25) is 0 Å². The van der Waals surface area contributed by atoms with Crippen molar-refractivity contribution in [3.8, 4) is 0 Å². The van der Waals surface area contributed by atoms with Gasteiger partial charge in [0.25, 0.3) is 0 Å². The Morgan fingerprint density at radius 2 is 2.08 bits per heavy atom. The second-order valence-electron chi connectivity index (χ2n) is 2.36. The van der Waals surface area contributed by atoms with Crippen LogP contribution in [0.15, 0.2) is 43.0 Å². The number of rotatable bonds is 4. The quantitative estimate of drug-likeness (QED) is 0.721. The molecule has 2 heteroatoms. The third-order valence-corrected chi connectivity index (χ3v) is 2.04. The van der Waals surface area contributed by atoms with Crippen molar-refractivity contribution in [2.45, 2.75) is 0 Å². The Kier molecular flexibility index (Phi) is 3.96. The Hall–Kier alpha value is -0.678. The molecule has 12 heavy (non-hydrogen) atoms. The summed E-state index contributed by atoms with van der Waals surface area (Å²) in [4.78, 5) is 0. The molecule has 62 valence electrons. The van der Waals surface area contributed by atoms with Gasteiger partial charge in [0.2, 0.25) is 0 Å². The molecule has 0 unspecified atom stereocenters. The second kappa shape index (κ2) is 5.05. The first kappa shape index (κ1) is 9.41. The average Bonchev–Trinajstić information content (AvgIpc) is 2.15. The summed E-state index contributed by atoms with van der Waals surface area (Å²) in [7, 11) is 0. The van der Waals surface area contributed by atoms with Gasteiger partial charge in [-0.05, 0) is 0 Å². The molecule has 0 aliphatic carbocycles. The van der Waals surface area contributed by atoms with E-state index >= 15 is 0 Å². The van der Waals surface area contributed by atoms with Gasteiger partial charge in [-0.2, -0.15) is 0 Å². The molecule has 0 saturated heterocycles. The topological polar surface area (TPSA) is 12.0 Å². The molecule has 0 heterocycles. The standard InChI is InChI=1S/C10H11N.Cr/c1-2-8-11-9-10-6-4-3-5-7-10;/h2-7,11H,1,8H2;. The van der Waals surface area contributed by atoms with Crippen molar-refractivity contribution in [3.05, 3.63) is 48.6 Å². The van der Waals surface area contributed by atoms with Crippen molar-refractivity contribution in [1.29, 1.82) is 0 Å². The van der Waals surface area contributed by atoms with Gasteiger partial charge in [-0.15, -0.1) is 0 Å². The Bertz CT molecular complexity index is 266. The first-order valence-corrected chi connectivity index (χ1v) is 4.42. The maximum atomic E-state index is 3.64. The summed E-state index contributed by atoms with van der Waals surface area (Å²) in [6, 6.07) is 10.2. The summed E-state index contributed by atoms with van der Waals surface area (Å²) in [5, 5.41) is 3.19. The van der Waals surface area contributed by atoms with E-state index in [1.807, 2.05) is 24.3 Å². The van der Waals surface area contributed by atoms with Crippen LogP contribution in [0.3, 0.4) is 0 Å². The van der Waals surface area contributed by atoms with E-state index in [0.717, 1.165) is 11.0 Å². The molecule has 0 aromatic heterocycles. The summed E-state index contributed by atoms with van der Waals surface area (Å²) in [5.41, 5.74) is 1.18. The Labute approximate surface area is 81.1 Å². The molecular weight excluding hydrogens is 186 g/mol. The van der Waals surface area contributed by atoms with Crippen LogP contribution in [0.25, 0.3) is 0 Å². The van der Waals surface area contributed by atoms with E-state index in [-0.39, 0.29) is 0 Å². The van der Waals surface area contributed by atoms with Crippen LogP contribution in [0, 0.1) is 0 Å². The van der Waals surface area contributed by atoms with Crippen LogP contribution in [-0.4, -0.2) is 11.0 Å². The van der Waals surface area contributed by atoms with Crippen molar-refractivity contribution < 1.29 is 15.9 Å². The number of hydrogen-bond acceptors (Lipinski definition) is 1. The molecule has 0 spiro atoms. The van der Waals surface area contributed by atoms with Gasteiger partial charge in [0, 0.05) is 0 Å². The molecule has 1 aromatic rings. The molecule has 0 fully saturated rings. The molecule has 0 aliphatic rings. The van der Waals surface area contributed by atoms with Crippen molar-refractivity contribution >= 4 is 4.50 Å². The van der Waals surface area contributed by atoms with Crippen LogP contribution in [0.1, 0.15) is 5.56 Å². The van der Waals surface area contributed by atoms with Gasteiger partial charge in [0.05, 0.1) is 0 Å². The zero-order valence-electron chi connectivity index (χ0n) is 6.79. The van der Waals surface area contributed by atoms with Crippen molar-refractivity contribution in [2.24, 2.45) is 0 Å². The van der Waals surface area contributed by atoms with E-state index in [4.69, 9.17) is 0 Å². The second-order valence-corrected chi connectivity index (χ2v) is 3.00. The van der Waals surface area contributed by atoms with Gasteiger partial charge >= 0.3 is 80.8 Å². The molecule has 0 atom stereocenters. The average molecular weight is 197 g/mol. The van der Waals surface area contributed by atoms with E-state index in [1.165, 1.54) is 5.56 Å². The number of nitrogens with one attached hydrogen (secondary N) is 1. The summed E-state index contributed by atoms with van der Waals surface area (Å²) >= 11 is 2.99. The zero-order valence-corrected chi connectivity index (χ0v) is 8.06. The van der Waals surface area contributed by atoms with Gasteiger partial charge in [-0.25, -0.2) is 0 Å². The van der Waals surface area contributed by atoms with E-state index in [1.54, 1.807) is 0 Å². The summed E-state index contributed by atoms with van der Waals surface area (Å²) in [6.45, 7) is 4.43. The molecule has 0 saturated carbocycles. The number of benzene rings is 1. The fraction of sp³-hybridized carbons (Fsp3) is 0.100. The molecule has 0 bridgehead atoms. The molecular formula is C10H11CrN. The fourth-order valence-electron chi connectivity index (χ4n) is 0.856. The van der Waals surface area contributed by atoms with Gasteiger partial charge in [0.15, 0.2) is 0 Å². The van der Waals surface area contributed by atoms with E-state index in [0.29, 0.717) is 0 Å². The van der Waals surface area contributed by atoms with Crippen molar-refractivity contribution in [3.63, 3.8) is 0 Å². The minimum atomic E-state index is 0.789. The van der Waals surface area contributed by atoms with E-state index in [9.17, 15) is 0 Å². The van der Waals surface area contributed by atoms with Crippen molar-refractivity contribution in [1.82, 2.24) is 5.32 Å². The summed E-state index contributed by atoms with van der Waals surface area (Å²) in [6.07, 6.45) is 1.83. The third-order valence-electron chi connectivity index (χ3n) is 1.44. The molecule has 0 aliphatic heterocycles. The minimum absolute atomic E-state index is 0.789. The third kappa shape index (κ3) is 2.75. The molecule has 0 radical (unpaired) electrons. The van der Waals surface area contributed by atoms with Gasteiger partial charge < -0.3 is 0 Å². The van der Waals surface area contributed by atoms with Crippen LogP contribution in [0.4, 0.5) is 0 Å². The van der Waals surface area contributed by atoms with E-state index in [2.05, 4.69) is 39.9 Å². The summed E-state index contributed by atoms with van der Waals surface area (Å²) < 4.78 is 1.07. The predicted molar refractivity (Wildman–Crippen MR) is 48.8 cm³/mol. The first-order valence-electron chi connectivity index (χ1n) is 3.78. The predicted octanol–water partition coefficient (Wildman–Crippen LogP) is 1.49. The van der Waals surface area contributed by atoms with Crippen LogP contribution < -0.4 is 5.32 Å². The van der Waals surface area contributed by atoms with Crippen LogP contribution >= 0.6 is 0 Å². The normalized spacial score (nSPS) is 9.33. The monoisotopic (exact) mass is 197 g/mol. The Morgan fingerprint density at radius 3 is 2.67 bits per heavy atom. The van der Waals surface area contributed by atoms with Crippen LogP contribution in [0.5, 0.6) is 0 Å². The van der Waals surface area contributed by atoms with Crippen molar-refractivity contribution in [2.75, 3.05) is 6.54 Å². The molecule has 1 N–H and O–H groups in total.